The first kappa shape index (κ1) is 37.2. The third-order valence-corrected chi connectivity index (χ3v) is 10.9. The highest BCUT2D eigenvalue weighted by molar-refractivity contribution is 7.90. The molecule has 1 amide bonds. The molecule has 2 unspecified atom stereocenters. The summed E-state index contributed by atoms with van der Waals surface area (Å²) in [6, 6.07) is 23.2. The Morgan fingerprint density at radius 3 is 2.20 bits per heavy atom. The summed E-state index contributed by atoms with van der Waals surface area (Å²) >= 11 is -2.44. The van der Waals surface area contributed by atoms with E-state index in [0.717, 1.165) is 40.8 Å². The lowest BCUT2D eigenvalue weighted by Crippen LogP contribution is -2.48. The van der Waals surface area contributed by atoms with Gasteiger partial charge in [-0.2, -0.15) is 13.2 Å². The fourth-order valence-corrected chi connectivity index (χ4v) is 7.76. The highest BCUT2D eigenvalue weighted by Crippen LogP contribution is 2.40. The van der Waals surface area contributed by atoms with Gasteiger partial charge in [0.2, 0.25) is 0 Å². The molecule has 1 aliphatic rings. The van der Waals surface area contributed by atoms with Gasteiger partial charge in [0, 0.05) is 17.5 Å². The Morgan fingerprint density at radius 2 is 1.62 bits per heavy atom. The summed E-state index contributed by atoms with van der Waals surface area (Å²) in [6.07, 6.45) is -3.27. The minimum Gasteiger partial charge on any atom is -0.768 e. The number of hydrogen-bond donors (Lipinski definition) is 2. The molecule has 4 aromatic rings. The number of carbonyl (C=O) groups is 1. The van der Waals surface area contributed by atoms with Crippen LogP contribution in [0.1, 0.15) is 80.7 Å². The van der Waals surface area contributed by atoms with Crippen LogP contribution in [0, 0.1) is 0 Å². The standard InChI is InChI=1S/C37H39F3N2O6S2/c1-23(2)24-11-13-25(14-12-24)31-9-6-10-33(49(44)45)34(31)32-20-15-27(22-41-32)26-7-5-8-29(21-26)48-36(3,4)35(43)42-50(46,47)30-18-16-28(17-19-30)37(38,39)40/h5-14,16-19,21,23,27,32,41H,15,20,22H2,1-4H3,(H,42,43)(H,44,45)/p-1/t27-,32?/m1/s1. The summed E-state index contributed by atoms with van der Waals surface area (Å²) in [6.45, 7) is 7.54. The molecular weight excluding hydrogens is 690 g/mol. The van der Waals surface area contributed by atoms with Gasteiger partial charge in [-0.25, -0.2) is 13.1 Å². The first-order valence-electron chi connectivity index (χ1n) is 16.1. The largest absolute Gasteiger partial charge is 0.768 e. The van der Waals surface area contributed by atoms with Crippen molar-refractivity contribution in [2.24, 2.45) is 0 Å². The van der Waals surface area contributed by atoms with Gasteiger partial charge in [-0.15, -0.1) is 0 Å². The molecule has 1 fully saturated rings. The molecule has 0 aromatic heterocycles. The number of ether oxygens (including phenoxy) is 1. The second kappa shape index (κ2) is 14.7. The maximum atomic E-state index is 13.0. The van der Waals surface area contributed by atoms with Gasteiger partial charge in [0.25, 0.3) is 15.9 Å². The van der Waals surface area contributed by atoms with Gasteiger partial charge in [0.1, 0.15) is 5.75 Å². The second-order valence-corrected chi connectivity index (χ2v) is 15.7. The molecule has 0 bridgehead atoms. The third kappa shape index (κ3) is 8.45. The van der Waals surface area contributed by atoms with Gasteiger partial charge in [-0.05, 0) is 120 Å². The van der Waals surface area contributed by atoms with E-state index >= 15 is 0 Å². The van der Waals surface area contributed by atoms with Gasteiger partial charge in [0.15, 0.2) is 5.60 Å². The van der Waals surface area contributed by atoms with Crippen LogP contribution in [0.15, 0.2) is 101 Å². The molecule has 0 saturated carbocycles. The SMILES string of the molecule is CC(C)c1ccc(-c2cccc(S(=O)[O-])c2C2CC[C@@H](c3cccc(OC(C)(C)C(=O)NS(=O)(=O)c4ccc(C(F)(F)F)cc4)c3)CN2)cc1. The van der Waals surface area contributed by atoms with Gasteiger partial charge in [-0.1, -0.05) is 62.4 Å². The van der Waals surface area contributed by atoms with E-state index < -0.39 is 49.2 Å². The highest BCUT2D eigenvalue weighted by atomic mass is 32.2. The number of benzene rings is 4. The monoisotopic (exact) mass is 727 g/mol. The van der Waals surface area contributed by atoms with Crippen molar-refractivity contribution in [2.45, 2.75) is 80.0 Å². The van der Waals surface area contributed by atoms with E-state index in [-0.39, 0.29) is 16.9 Å². The summed E-state index contributed by atoms with van der Waals surface area (Å²) < 4.78 is 96.8. The molecule has 266 valence electrons. The Morgan fingerprint density at radius 1 is 0.960 bits per heavy atom. The van der Waals surface area contributed by atoms with E-state index in [1.165, 1.54) is 19.4 Å². The molecule has 4 aromatic carbocycles. The normalized spacial score (nSPS) is 17.7. The number of amides is 1. The molecule has 1 aliphatic heterocycles. The second-order valence-electron chi connectivity index (χ2n) is 13.1. The molecule has 1 heterocycles. The topological polar surface area (TPSA) is 125 Å². The van der Waals surface area contributed by atoms with Crippen molar-refractivity contribution in [1.82, 2.24) is 10.0 Å². The van der Waals surface area contributed by atoms with Crippen molar-refractivity contribution < 1.29 is 39.9 Å². The van der Waals surface area contributed by atoms with Gasteiger partial charge in [-0.3, -0.25) is 9.00 Å². The lowest BCUT2D eigenvalue weighted by atomic mass is 9.84. The first-order valence-corrected chi connectivity index (χ1v) is 18.6. The van der Waals surface area contributed by atoms with E-state index in [4.69, 9.17) is 4.74 Å². The summed E-state index contributed by atoms with van der Waals surface area (Å²) in [5, 5.41) is 3.55. The molecular formula is C37H38F3N2O6S2-. The zero-order valence-corrected chi connectivity index (χ0v) is 29.5. The van der Waals surface area contributed by atoms with Crippen LogP contribution in [0.4, 0.5) is 13.2 Å². The quantitative estimate of drug-likeness (QED) is 0.161. The van der Waals surface area contributed by atoms with Crippen LogP contribution in [0.3, 0.4) is 0 Å². The fourth-order valence-electron chi connectivity index (χ4n) is 6.04. The average molecular weight is 728 g/mol. The molecule has 3 atom stereocenters. The van der Waals surface area contributed by atoms with Crippen molar-refractivity contribution in [2.75, 3.05) is 6.54 Å². The average Bonchev–Trinajstić information content (AvgIpc) is 3.07. The van der Waals surface area contributed by atoms with Crippen molar-refractivity contribution in [3.05, 3.63) is 113 Å². The maximum Gasteiger partial charge on any atom is 0.416 e. The molecule has 2 N–H and O–H groups in total. The van der Waals surface area contributed by atoms with Crippen molar-refractivity contribution in [3.8, 4) is 16.9 Å². The Bertz CT molecular complexity index is 1970. The molecule has 0 radical (unpaired) electrons. The van der Waals surface area contributed by atoms with Crippen molar-refractivity contribution >= 4 is 27.0 Å². The van der Waals surface area contributed by atoms with E-state index in [2.05, 4.69) is 31.3 Å². The number of nitrogens with one attached hydrogen (secondary N) is 2. The summed E-state index contributed by atoms with van der Waals surface area (Å²) in [4.78, 5) is 12.8. The summed E-state index contributed by atoms with van der Waals surface area (Å²) in [5.41, 5.74) is 1.93. The number of alkyl halides is 3. The smallest absolute Gasteiger partial charge is 0.416 e. The van der Waals surface area contributed by atoms with Crippen LogP contribution in [0.2, 0.25) is 0 Å². The Labute approximate surface area is 292 Å². The summed E-state index contributed by atoms with van der Waals surface area (Å²) in [5.74, 6) is -0.291. The molecule has 50 heavy (non-hydrogen) atoms. The molecule has 0 spiro atoms. The van der Waals surface area contributed by atoms with Crippen LogP contribution in [-0.4, -0.2) is 35.2 Å². The van der Waals surface area contributed by atoms with Crippen LogP contribution in [-0.2, 0) is 32.1 Å². The molecule has 0 aliphatic carbocycles. The minimum absolute atomic E-state index is 0.0328. The lowest BCUT2D eigenvalue weighted by molar-refractivity contribution is -0.137. The molecule has 8 nitrogen and oxygen atoms in total. The van der Waals surface area contributed by atoms with Gasteiger partial charge < -0.3 is 14.6 Å². The summed E-state index contributed by atoms with van der Waals surface area (Å²) in [7, 11) is -4.48. The first-order chi connectivity index (χ1) is 23.5. The van der Waals surface area contributed by atoms with Crippen LogP contribution >= 0.6 is 0 Å². The van der Waals surface area contributed by atoms with E-state index in [1.807, 2.05) is 29.0 Å². The van der Waals surface area contributed by atoms with Crippen molar-refractivity contribution in [1.29, 1.82) is 0 Å². The third-order valence-electron chi connectivity index (χ3n) is 8.87. The van der Waals surface area contributed by atoms with Crippen LogP contribution < -0.4 is 14.8 Å². The number of halogens is 3. The lowest BCUT2D eigenvalue weighted by Gasteiger charge is -2.33. The molecule has 13 heteroatoms. The minimum atomic E-state index is -4.64. The number of sulfonamides is 1. The molecule has 1 saturated heterocycles. The number of carbonyl (C=O) groups excluding carboxylic acids is 1. The van der Waals surface area contributed by atoms with E-state index in [9.17, 15) is 35.1 Å². The zero-order valence-electron chi connectivity index (χ0n) is 27.9. The number of hydrogen-bond acceptors (Lipinski definition) is 7. The fraction of sp³-hybridized carbons (Fsp3) is 0.324. The Hall–Kier alpha value is -4.04. The van der Waals surface area contributed by atoms with Gasteiger partial charge in [0.05, 0.1) is 10.5 Å². The predicted octanol–water partition coefficient (Wildman–Crippen LogP) is 7.60. The number of piperidine rings is 1. The van der Waals surface area contributed by atoms with E-state index in [0.29, 0.717) is 36.8 Å². The predicted molar refractivity (Wildman–Crippen MR) is 184 cm³/mol. The van der Waals surface area contributed by atoms with Crippen molar-refractivity contribution in [3.63, 3.8) is 0 Å². The van der Waals surface area contributed by atoms with Gasteiger partial charge >= 0.3 is 6.18 Å². The zero-order chi connectivity index (χ0) is 36.4. The van der Waals surface area contributed by atoms with Crippen LogP contribution in [0.5, 0.6) is 5.75 Å². The van der Waals surface area contributed by atoms with E-state index in [1.54, 1.807) is 30.3 Å². The Balaban J connectivity index is 1.28. The highest BCUT2D eigenvalue weighted by Gasteiger charge is 2.35. The maximum absolute atomic E-state index is 13.0. The van der Waals surface area contributed by atoms with Crippen LogP contribution in [0.25, 0.3) is 11.1 Å². The molecule has 5 rings (SSSR count). The Kier molecular flexibility index (Phi) is 10.9. The number of rotatable bonds is 10.